The summed E-state index contributed by atoms with van der Waals surface area (Å²) in [7, 11) is 0. The molecule has 3 unspecified atom stereocenters. The van der Waals surface area contributed by atoms with Gasteiger partial charge in [0.15, 0.2) is 0 Å². The topological polar surface area (TPSA) is 61.6 Å². The maximum absolute atomic E-state index is 11.8. The lowest BCUT2D eigenvalue weighted by molar-refractivity contribution is -0.146. The van der Waals surface area contributed by atoms with Crippen molar-refractivity contribution in [2.45, 2.75) is 58.2 Å². The van der Waals surface area contributed by atoms with Gasteiger partial charge in [-0.3, -0.25) is 4.79 Å². The molecular weight excluding hydrogens is 278 g/mol. The molecule has 2 saturated heterocycles. The smallest absolute Gasteiger partial charge is 0.306 e. The summed E-state index contributed by atoms with van der Waals surface area (Å²) in [4.78, 5) is 11.8. The molecule has 0 spiro atoms. The average molecular weight is 306 g/mol. The minimum Gasteiger partial charge on any atom is -0.465 e. The van der Waals surface area contributed by atoms with Crippen molar-refractivity contribution in [1.29, 1.82) is 0 Å². The zero-order valence-corrected chi connectivity index (χ0v) is 13.4. The molecule has 0 aliphatic carbocycles. The van der Waals surface area contributed by atoms with Crippen LogP contribution in [0.5, 0.6) is 0 Å². The molecule has 5 heteroatoms. The summed E-state index contributed by atoms with van der Waals surface area (Å²) in [5.41, 5.74) is 5.71. The third-order valence-electron chi connectivity index (χ3n) is 4.28. The summed E-state index contributed by atoms with van der Waals surface area (Å²) >= 11 is 0. The Balaban J connectivity index is 0.00000200. The van der Waals surface area contributed by atoms with E-state index in [4.69, 9.17) is 15.2 Å². The number of hydrogen-bond donors (Lipinski definition) is 1. The monoisotopic (exact) mass is 305 g/mol. The lowest BCUT2D eigenvalue weighted by Gasteiger charge is -2.20. The van der Waals surface area contributed by atoms with E-state index in [1.807, 2.05) is 0 Å². The Hall–Kier alpha value is -0.320. The van der Waals surface area contributed by atoms with Gasteiger partial charge in [-0.1, -0.05) is 13.8 Å². The molecule has 0 saturated carbocycles. The second kappa shape index (κ2) is 8.20. The largest absolute Gasteiger partial charge is 0.465 e. The number of rotatable bonds is 7. The van der Waals surface area contributed by atoms with Crippen LogP contribution in [0.4, 0.5) is 0 Å². The molecule has 2 bridgehead atoms. The molecule has 0 amide bonds. The van der Waals surface area contributed by atoms with Crippen LogP contribution in [0.15, 0.2) is 0 Å². The molecule has 2 aliphatic rings. The number of esters is 1. The molecule has 2 fully saturated rings. The van der Waals surface area contributed by atoms with Gasteiger partial charge in [0.1, 0.15) is 0 Å². The van der Waals surface area contributed by atoms with Gasteiger partial charge >= 0.3 is 5.97 Å². The van der Waals surface area contributed by atoms with E-state index >= 15 is 0 Å². The summed E-state index contributed by atoms with van der Waals surface area (Å²) in [5, 5.41) is 0. The first kappa shape index (κ1) is 17.7. The lowest BCUT2D eigenvalue weighted by atomic mass is 9.90. The van der Waals surface area contributed by atoms with Crippen LogP contribution in [0.2, 0.25) is 0 Å². The number of carbonyl (C=O) groups excluding carboxylic acids is 1. The highest BCUT2D eigenvalue weighted by Gasteiger charge is 2.41. The quantitative estimate of drug-likeness (QED) is 0.734. The maximum Gasteiger partial charge on any atom is 0.306 e. The SMILES string of the molecule is CC(C)C[C@H](CN)CC(=O)OCC1CC2CCC1O2.Cl. The minimum absolute atomic E-state index is 0. The molecule has 2 aliphatic heterocycles. The Bertz CT molecular complexity index is 311. The Labute approximate surface area is 128 Å². The van der Waals surface area contributed by atoms with Gasteiger partial charge in [-0.25, -0.2) is 0 Å². The molecule has 0 aromatic rings. The van der Waals surface area contributed by atoms with Gasteiger partial charge in [0.25, 0.3) is 0 Å². The lowest BCUT2D eigenvalue weighted by Crippen LogP contribution is -2.25. The highest BCUT2D eigenvalue weighted by atomic mass is 35.5. The molecule has 0 aromatic carbocycles. The molecule has 2 N–H and O–H groups in total. The highest BCUT2D eigenvalue weighted by Crippen LogP contribution is 2.38. The number of fused-ring (bicyclic) bond motifs is 2. The van der Waals surface area contributed by atoms with Crippen LogP contribution >= 0.6 is 12.4 Å². The predicted octanol–water partition coefficient (Wildman–Crippen LogP) is 2.53. The van der Waals surface area contributed by atoms with E-state index in [0.29, 0.717) is 43.6 Å². The van der Waals surface area contributed by atoms with E-state index in [1.54, 1.807) is 0 Å². The predicted molar refractivity (Wildman–Crippen MR) is 80.8 cm³/mol. The molecule has 20 heavy (non-hydrogen) atoms. The van der Waals surface area contributed by atoms with Gasteiger partial charge in [-0.15, -0.1) is 12.4 Å². The first-order valence-corrected chi connectivity index (χ1v) is 7.59. The molecule has 2 heterocycles. The zero-order chi connectivity index (χ0) is 13.8. The summed E-state index contributed by atoms with van der Waals surface area (Å²) in [6.45, 7) is 5.39. The van der Waals surface area contributed by atoms with Crippen molar-refractivity contribution < 1.29 is 14.3 Å². The summed E-state index contributed by atoms with van der Waals surface area (Å²) in [5.74, 6) is 1.15. The highest BCUT2D eigenvalue weighted by molar-refractivity contribution is 5.85. The fourth-order valence-corrected chi connectivity index (χ4v) is 3.34. The first-order chi connectivity index (χ1) is 9.08. The minimum atomic E-state index is -0.0983. The van der Waals surface area contributed by atoms with Crippen LogP contribution in [0, 0.1) is 17.8 Å². The van der Waals surface area contributed by atoms with Crippen molar-refractivity contribution in [2.75, 3.05) is 13.2 Å². The molecule has 118 valence electrons. The third-order valence-corrected chi connectivity index (χ3v) is 4.28. The van der Waals surface area contributed by atoms with Crippen molar-refractivity contribution in [3.05, 3.63) is 0 Å². The third kappa shape index (κ3) is 4.90. The van der Waals surface area contributed by atoms with E-state index in [-0.39, 0.29) is 24.3 Å². The van der Waals surface area contributed by atoms with Crippen molar-refractivity contribution in [1.82, 2.24) is 0 Å². The number of carbonyl (C=O) groups is 1. The maximum atomic E-state index is 11.8. The van der Waals surface area contributed by atoms with Gasteiger partial charge in [0, 0.05) is 12.3 Å². The van der Waals surface area contributed by atoms with E-state index in [1.165, 1.54) is 6.42 Å². The summed E-state index contributed by atoms with van der Waals surface area (Å²) < 4.78 is 11.2. The van der Waals surface area contributed by atoms with Crippen LogP contribution in [-0.4, -0.2) is 31.3 Å². The van der Waals surface area contributed by atoms with Crippen LogP contribution in [0.25, 0.3) is 0 Å². The number of hydrogen-bond acceptors (Lipinski definition) is 4. The summed E-state index contributed by atoms with van der Waals surface area (Å²) in [6.07, 6.45) is 5.57. The average Bonchev–Trinajstić information content (AvgIpc) is 2.97. The summed E-state index contributed by atoms with van der Waals surface area (Å²) in [6, 6.07) is 0. The van der Waals surface area contributed by atoms with E-state index in [9.17, 15) is 4.79 Å². The van der Waals surface area contributed by atoms with Crippen molar-refractivity contribution >= 4 is 18.4 Å². The van der Waals surface area contributed by atoms with E-state index in [0.717, 1.165) is 19.3 Å². The molecule has 4 atom stereocenters. The van der Waals surface area contributed by atoms with Crippen LogP contribution in [0.3, 0.4) is 0 Å². The standard InChI is InChI=1S/C15H27NO3.ClH/c1-10(2)5-11(8-16)6-15(17)18-9-12-7-13-3-4-14(12)19-13;/h10-14H,3-9,16H2,1-2H3;1H/t11-,12?,13?,14?;/m0./s1. The Kier molecular flexibility index (Phi) is 7.27. The number of nitrogens with two attached hydrogens (primary N) is 1. The number of ether oxygens (including phenoxy) is 2. The molecule has 0 aromatic heterocycles. The van der Waals surface area contributed by atoms with Crippen molar-refractivity contribution in [3.63, 3.8) is 0 Å². The molecule has 4 nitrogen and oxygen atoms in total. The van der Waals surface area contributed by atoms with Gasteiger partial charge in [0.2, 0.25) is 0 Å². The Morgan fingerprint density at radius 2 is 2.15 bits per heavy atom. The van der Waals surface area contributed by atoms with Gasteiger partial charge < -0.3 is 15.2 Å². The first-order valence-electron chi connectivity index (χ1n) is 7.59. The Morgan fingerprint density at radius 1 is 1.40 bits per heavy atom. The molecule has 0 radical (unpaired) electrons. The second-order valence-corrected chi connectivity index (χ2v) is 6.49. The van der Waals surface area contributed by atoms with E-state index in [2.05, 4.69) is 13.8 Å². The van der Waals surface area contributed by atoms with Crippen molar-refractivity contribution in [3.8, 4) is 0 Å². The normalized spacial score (nSPS) is 29.3. The number of halogens is 1. The molecule has 2 rings (SSSR count). The fourth-order valence-electron chi connectivity index (χ4n) is 3.34. The van der Waals surface area contributed by atoms with Crippen LogP contribution in [-0.2, 0) is 14.3 Å². The zero-order valence-electron chi connectivity index (χ0n) is 12.5. The second-order valence-electron chi connectivity index (χ2n) is 6.49. The van der Waals surface area contributed by atoms with Crippen molar-refractivity contribution in [2.24, 2.45) is 23.5 Å². The molecular formula is C15H28ClNO3. The van der Waals surface area contributed by atoms with Crippen LogP contribution in [0.1, 0.15) is 46.0 Å². The Morgan fingerprint density at radius 3 is 2.65 bits per heavy atom. The van der Waals surface area contributed by atoms with Gasteiger partial charge in [-0.2, -0.15) is 0 Å². The van der Waals surface area contributed by atoms with E-state index < -0.39 is 0 Å². The fraction of sp³-hybridized carbons (Fsp3) is 0.933. The van der Waals surface area contributed by atoms with Crippen LogP contribution < -0.4 is 5.73 Å². The van der Waals surface area contributed by atoms with Gasteiger partial charge in [-0.05, 0) is 44.1 Å². The van der Waals surface area contributed by atoms with Gasteiger partial charge in [0.05, 0.1) is 18.8 Å².